The van der Waals surface area contributed by atoms with Crippen molar-refractivity contribution in [3.8, 4) is 0 Å². The van der Waals surface area contributed by atoms with Crippen molar-refractivity contribution in [2.24, 2.45) is 17.8 Å². The van der Waals surface area contributed by atoms with Crippen molar-refractivity contribution in [1.29, 1.82) is 0 Å². The summed E-state index contributed by atoms with van der Waals surface area (Å²) < 4.78 is 10.1. The third kappa shape index (κ3) is 9.13. The number of carbonyl (C=O) groups excluding carboxylic acids is 4. The van der Waals surface area contributed by atoms with Gasteiger partial charge in [0.2, 0.25) is 0 Å². The van der Waals surface area contributed by atoms with Crippen LogP contribution in [0.15, 0.2) is 0 Å². The Hall–Kier alpha value is -0.120. The predicted octanol–water partition coefficient (Wildman–Crippen LogP) is -6.42. The molecule has 148 valence electrons. The molecule has 0 aliphatic heterocycles. The number of ether oxygens (including phenoxy) is 2. The number of hydrogen-bond acceptors (Lipinski definition) is 8. The summed E-state index contributed by atoms with van der Waals surface area (Å²) in [5.74, 6) is -5.01. The molecule has 0 N–H and O–H groups in total. The van der Waals surface area contributed by atoms with Gasteiger partial charge < -0.3 is 29.3 Å². The maximum atomic E-state index is 12.4. The van der Waals surface area contributed by atoms with Gasteiger partial charge in [-0.15, -0.1) is 0 Å². The van der Waals surface area contributed by atoms with E-state index in [0.29, 0.717) is 12.3 Å². The molecular formula is C18H26Na2O8. The Kier molecular flexibility index (Phi) is 14.2. The maximum absolute atomic E-state index is 12.4. The van der Waals surface area contributed by atoms with Gasteiger partial charge in [0, 0.05) is 19.3 Å². The van der Waals surface area contributed by atoms with Gasteiger partial charge in [0.1, 0.15) is 6.10 Å². The molecule has 1 rings (SSSR count). The first-order valence-electron chi connectivity index (χ1n) is 8.77. The van der Waals surface area contributed by atoms with Gasteiger partial charge in [-0.3, -0.25) is 9.59 Å². The Morgan fingerprint density at radius 3 is 2.07 bits per heavy atom. The smallest absolute Gasteiger partial charge is 0.550 e. The van der Waals surface area contributed by atoms with Crippen molar-refractivity contribution >= 4 is 23.9 Å². The molecule has 1 aliphatic rings. The second kappa shape index (κ2) is 13.2. The molecule has 0 radical (unpaired) electrons. The minimum Gasteiger partial charge on any atom is -0.550 e. The van der Waals surface area contributed by atoms with E-state index in [9.17, 15) is 29.4 Å². The summed E-state index contributed by atoms with van der Waals surface area (Å²) in [6, 6.07) is 0. The molecule has 1 aliphatic carbocycles. The molecule has 0 aromatic carbocycles. The molecule has 4 unspecified atom stereocenters. The topological polar surface area (TPSA) is 133 Å². The van der Waals surface area contributed by atoms with E-state index in [1.165, 1.54) is 0 Å². The Labute approximate surface area is 209 Å². The molecule has 0 heterocycles. The molecule has 28 heavy (non-hydrogen) atoms. The quantitative estimate of drug-likeness (QED) is 0.282. The second-order valence-corrected chi connectivity index (χ2v) is 7.46. The molecule has 0 spiro atoms. The standard InChI is InChI=1S/C18H28O8.2Na/c1-10(2)13-6-5-11(3)7-14(13)25-16(22)9-18(17(23)24,8-15(20)21)26-12(4)19;;/h10-11,13-14H,5-9H2,1-4H3,(H,20,21)(H,23,24);;/q;2*+1/p-2. The van der Waals surface area contributed by atoms with Crippen LogP contribution in [-0.2, 0) is 28.7 Å². The Balaban J connectivity index is 0. The predicted molar refractivity (Wildman–Crippen MR) is 85.0 cm³/mol. The Morgan fingerprint density at radius 1 is 1.07 bits per heavy atom. The Morgan fingerprint density at radius 2 is 1.64 bits per heavy atom. The molecule has 1 fully saturated rings. The minimum absolute atomic E-state index is 0. The van der Waals surface area contributed by atoms with Crippen molar-refractivity contribution in [2.45, 2.75) is 71.5 Å². The summed E-state index contributed by atoms with van der Waals surface area (Å²) in [5.41, 5.74) is -2.64. The number of esters is 2. The first kappa shape index (κ1) is 30.1. The van der Waals surface area contributed by atoms with E-state index in [2.05, 4.69) is 4.74 Å². The van der Waals surface area contributed by atoms with Gasteiger partial charge in [-0.2, -0.15) is 0 Å². The summed E-state index contributed by atoms with van der Waals surface area (Å²) in [6.07, 6.45) is -0.00671. The van der Waals surface area contributed by atoms with Gasteiger partial charge in [-0.25, -0.2) is 0 Å². The van der Waals surface area contributed by atoms with Gasteiger partial charge in [-0.05, 0) is 30.6 Å². The van der Waals surface area contributed by atoms with Crippen molar-refractivity contribution in [3.05, 3.63) is 0 Å². The van der Waals surface area contributed by atoms with E-state index in [-0.39, 0.29) is 71.0 Å². The fraction of sp³-hybridized carbons (Fsp3) is 0.778. The van der Waals surface area contributed by atoms with Crippen LogP contribution in [0.2, 0.25) is 0 Å². The van der Waals surface area contributed by atoms with E-state index in [0.717, 1.165) is 19.8 Å². The van der Waals surface area contributed by atoms with Crippen LogP contribution in [0, 0.1) is 17.8 Å². The maximum Gasteiger partial charge on any atom is 1.00 e. The molecule has 0 amide bonds. The van der Waals surface area contributed by atoms with Crippen LogP contribution in [0.25, 0.3) is 0 Å². The number of aliphatic carboxylic acids is 2. The second-order valence-electron chi connectivity index (χ2n) is 7.46. The van der Waals surface area contributed by atoms with Crippen LogP contribution in [0.4, 0.5) is 0 Å². The number of rotatable bonds is 8. The first-order chi connectivity index (χ1) is 12.0. The third-order valence-electron chi connectivity index (χ3n) is 4.82. The van der Waals surface area contributed by atoms with Crippen molar-refractivity contribution in [3.63, 3.8) is 0 Å². The first-order valence-corrected chi connectivity index (χ1v) is 8.77. The fourth-order valence-corrected chi connectivity index (χ4v) is 3.52. The van der Waals surface area contributed by atoms with Crippen LogP contribution in [0.5, 0.6) is 0 Å². The van der Waals surface area contributed by atoms with Crippen LogP contribution >= 0.6 is 0 Å². The average molecular weight is 416 g/mol. The number of carboxylic acid groups (broad SMARTS) is 2. The summed E-state index contributed by atoms with van der Waals surface area (Å²) in [7, 11) is 0. The summed E-state index contributed by atoms with van der Waals surface area (Å²) in [6.45, 7) is 6.98. The fourth-order valence-electron chi connectivity index (χ4n) is 3.52. The van der Waals surface area contributed by atoms with Crippen molar-refractivity contribution in [1.82, 2.24) is 0 Å². The van der Waals surface area contributed by atoms with E-state index in [1.807, 2.05) is 20.8 Å². The number of carboxylic acids is 2. The van der Waals surface area contributed by atoms with Gasteiger partial charge in [-0.1, -0.05) is 27.2 Å². The molecule has 10 heteroatoms. The van der Waals surface area contributed by atoms with E-state index < -0.39 is 48.4 Å². The SMILES string of the molecule is CC(=O)OC(CC(=O)[O-])(CC(=O)OC1CC(C)CCC1C(C)C)C(=O)[O-].[Na+].[Na+]. The van der Waals surface area contributed by atoms with Gasteiger partial charge >= 0.3 is 71.1 Å². The van der Waals surface area contributed by atoms with Crippen LogP contribution in [0.3, 0.4) is 0 Å². The molecule has 0 aromatic heterocycles. The van der Waals surface area contributed by atoms with Crippen molar-refractivity contribution in [2.75, 3.05) is 0 Å². The van der Waals surface area contributed by atoms with Gasteiger partial charge in [0.25, 0.3) is 0 Å². The molecule has 4 atom stereocenters. The largest absolute Gasteiger partial charge is 1.00 e. The Bertz CT molecular complexity index is 548. The molecule has 0 bridgehead atoms. The average Bonchev–Trinajstić information content (AvgIpc) is 2.44. The van der Waals surface area contributed by atoms with E-state index >= 15 is 0 Å². The summed E-state index contributed by atoms with van der Waals surface area (Å²) in [4.78, 5) is 45.9. The zero-order chi connectivity index (χ0) is 20.1. The normalized spacial score (nSPS) is 23.4. The third-order valence-corrected chi connectivity index (χ3v) is 4.82. The molecule has 0 aromatic rings. The summed E-state index contributed by atoms with van der Waals surface area (Å²) in [5, 5.41) is 22.4. The van der Waals surface area contributed by atoms with Crippen molar-refractivity contribution < 1.29 is 98.0 Å². The molecular weight excluding hydrogens is 390 g/mol. The van der Waals surface area contributed by atoms with Crippen LogP contribution < -0.4 is 69.3 Å². The molecule has 0 saturated heterocycles. The van der Waals surface area contributed by atoms with Gasteiger partial charge in [0.15, 0.2) is 5.60 Å². The molecule has 8 nitrogen and oxygen atoms in total. The molecule has 1 saturated carbocycles. The zero-order valence-corrected chi connectivity index (χ0v) is 21.6. The van der Waals surface area contributed by atoms with E-state index in [4.69, 9.17) is 4.74 Å². The van der Waals surface area contributed by atoms with Crippen LogP contribution in [-0.4, -0.2) is 35.6 Å². The minimum atomic E-state index is -2.64. The monoisotopic (exact) mass is 416 g/mol. The number of carbonyl (C=O) groups is 4. The summed E-state index contributed by atoms with van der Waals surface area (Å²) >= 11 is 0. The van der Waals surface area contributed by atoms with Gasteiger partial charge in [0.05, 0.1) is 12.4 Å². The van der Waals surface area contributed by atoms with Crippen LogP contribution in [0.1, 0.15) is 59.8 Å². The zero-order valence-electron chi connectivity index (χ0n) is 17.6. The number of hydrogen-bond donors (Lipinski definition) is 0. The van der Waals surface area contributed by atoms with E-state index in [1.54, 1.807) is 0 Å².